The van der Waals surface area contributed by atoms with Crippen molar-refractivity contribution in [1.82, 2.24) is 0 Å². The van der Waals surface area contributed by atoms with Crippen LogP contribution >= 0.6 is 35.1 Å². The molecule has 0 aliphatic carbocycles. The van der Waals surface area contributed by atoms with Gasteiger partial charge >= 0.3 is 0 Å². The lowest BCUT2D eigenvalue weighted by Gasteiger charge is -2.09. The normalized spacial score (nSPS) is 12.5. The van der Waals surface area contributed by atoms with Gasteiger partial charge in [0.2, 0.25) is 0 Å². The molecule has 0 saturated carbocycles. The van der Waals surface area contributed by atoms with Crippen LogP contribution in [-0.2, 0) is 0 Å². The van der Waals surface area contributed by atoms with E-state index in [1.165, 1.54) is 0 Å². The summed E-state index contributed by atoms with van der Waals surface area (Å²) in [5.74, 6) is -0.00285. The van der Waals surface area contributed by atoms with Crippen LogP contribution in [0.4, 0.5) is 0 Å². The number of alkyl halides is 1. The molecule has 4 heteroatoms. The molecule has 0 fully saturated rings. The number of ketones is 1. The second-order valence-electron chi connectivity index (χ2n) is 3.05. The summed E-state index contributed by atoms with van der Waals surface area (Å²) >= 11 is 9.02. The van der Waals surface area contributed by atoms with Gasteiger partial charge in [-0.15, -0.1) is 35.1 Å². The lowest BCUT2D eigenvalue weighted by Crippen LogP contribution is -2.11. The van der Waals surface area contributed by atoms with E-state index >= 15 is 0 Å². The molecule has 1 rings (SSSR count). The van der Waals surface area contributed by atoms with E-state index in [0.717, 1.165) is 15.4 Å². The number of thioether (sulfide) groups is 2. The second-order valence-corrected chi connectivity index (χ2v) is 5.43. The van der Waals surface area contributed by atoms with E-state index in [0.29, 0.717) is 0 Å². The van der Waals surface area contributed by atoms with Crippen molar-refractivity contribution in [3.63, 3.8) is 0 Å². The van der Waals surface area contributed by atoms with E-state index in [1.54, 1.807) is 30.4 Å². The molecule has 1 aromatic carbocycles. The van der Waals surface area contributed by atoms with Gasteiger partial charge in [0.05, 0.1) is 5.38 Å². The van der Waals surface area contributed by atoms with Crippen molar-refractivity contribution in [2.24, 2.45) is 0 Å². The van der Waals surface area contributed by atoms with Gasteiger partial charge < -0.3 is 0 Å². The smallest absolute Gasteiger partial charge is 0.181 e. The van der Waals surface area contributed by atoms with Crippen molar-refractivity contribution in [2.45, 2.75) is 22.1 Å². The fourth-order valence-electron chi connectivity index (χ4n) is 1.22. The van der Waals surface area contributed by atoms with Crippen LogP contribution in [0, 0.1) is 0 Å². The Hall–Kier alpha value is -0.120. The number of benzene rings is 1. The molecule has 1 aromatic rings. The van der Waals surface area contributed by atoms with Crippen molar-refractivity contribution in [3.8, 4) is 0 Å². The quantitative estimate of drug-likeness (QED) is 0.464. The first kappa shape index (κ1) is 12.9. The van der Waals surface area contributed by atoms with Crippen LogP contribution < -0.4 is 0 Å². The van der Waals surface area contributed by atoms with Gasteiger partial charge in [-0.25, -0.2) is 0 Å². The summed E-state index contributed by atoms with van der Waals surface area (Å²) in [6.45, 7) is 1.71. The summed E-state index contributed by atoms with van der Waals surface area (Å²) in [4.78, 5) is 13.9. The highest BCUT2D eigenvalue weighted by atomic mass is 35.5. The van der Waals surface area contributed by atoms with E-state index in [4.69, 9.17) is 11.6 Å². The molecule has 0 heterocycles. The zero-order valence-electron chi connectivity index (χ0n) is 8.91. The van der Waals surface area contributed by atoms with Crippen molar-refractivity contribution >= 4 is 40.9 Å². The molecule has 0 aliphatic rings. The number of carbonyl (C=O) groups excluding carboxylic acids is 1. The minimum atomic E-state index is -0.465. The molecule has 0 N–H and O–H groups in total. The molecule has 0 aromatic heterocycles. The minimum Gasteiger partial charge on any atom is -0.292 e. The summed E-state index contributed by atoms with van der Waals surface area (Å²) < 4.78 is 0. The van der Waals surface area contributed by atoms with Gasteiger partial charge in [-0.1, -0.05) is 0 Å². The predicted molar refractivity (Wildman–Crippen MR) is 69.6 cm³/mol. The SMILES string of the molecule is CSc1ccc(SC)c(C(=O)C(C)Cl)c1. The average Bonchev–Trinajstić information content (AvgIpc) is 2.27. The standard InChI is InChI=1S/C11H13ClOS2/c1-7(12)11(13)9-6-8(14-2)4-5-10(9)15-3/h4-7H,1-3H3. The van der Waals surface area contributed by atoms with E-state index in [-0.39, 0.29) is 5.78 Å². The fraction of sp³-hybridized carbons (Fsp3) is 0.364. The third kappa shape index (κ3) is 3.16. The number of hydrogen-bond donors (Lipinski definition) is 0. The van der Waals surface area contributed by atoms with Crippen LogP contribution in [0.2, 0.25) is 0 Å². The second kappa shape index (κ2) is 5.83. The number of rotatable bonds is 4. The van der Waals surface area contributed by atoms with Crippen LogP contribution in [0.1, 0.15) is 17.3 Å². The van der Waals surface area contributed by atoms with Gasteiger partial charge in [0.15, 0.2) is 5.78 Å². The first-order valence-corrected chi connectivity index (χ1v) is 7.39. The topological polar surface area (TPSA) is 17.1 Å². The van der Waals surface area contributed by atoms with E-state index in [2.05, 4.69) is 0 Å². The molecule has 15 heavy (non-hydrogen) atoms. The Kier molecular flexibility index (Phi) is 5.03. The molecular weight excluding hydrogens is 248 g/mol. The first-order valence-electron chi connectivity index (χ1n) is 4.50. The Morgan fingerprint density at radius 1 is 1.33 bits per heavy atom. The summed E-state index contributed by atoms with van der Waals surface area (Å²) in [5, 5.41) is -0.465. The van der Waals surface area contributed by atoms with Gasteiger partial charge in [-0.2, -0.15) is 0 Å². The predicted octanol–water partition coefficient (Wildman–Crippen LogP) is 3.94. The molecule has 1 nitrogen and oxygen atoms in total. The molecule has 0 aliphatic heterocycles. The molecule has 82 valence electrons. The number of halogens is 1. The number of Topliss-reactive ketones (excluding diaryl/α,β-unsaturated/α-hetero) is 1. The van der Waals surface area contributed by atoms with Crippen LogP contribution in [0.3, 0.4) is 0 Å². The first-order chi connectivity index (χ1) is 7.10. The zero-order chi connectivity index (χ0) is 11.4. The largest absolute Gasteiger partial charge is 0.292 e. The Labute approximate surface area is 104 Å². The van der Waals surface area contributed by atoms with Gasteiger partial charge in [-0.05, 0) is 37.6 Å². The molecular formula is C11H13ClOS2. The highest BCUT2D eigenvalue weighted by molar-refractivity contribution is 7.99. The fourth-order valence-corrected chi connectivity index (χ4v) is 2.36. The number of carbonyl (C=O) groups is 1. The molecule has 1 atom stereocenters. The summed E-state index contributed by atoms with van der Waals surface area (Å²) in [5.41, 5.74) is 0.733. The number of hydrogen-bond acceptors (Lipinski definition) is 3. The third-order valence-corrected chi connectivity index (χ3v) is 3.75. The lowest BCUT2D eigenvalue weighted by atomic mass is 10.1. The maximum atomic E-state index is 11.8. The average molecular weight is 261 g/mol. The third-order valence-electron chi connectivity index (χ3n) is 2.03. The van der Waals surface area contributed by atoms with Crippen LogP contribution in [0.25, 0.3) is 0 Å². The highest BCUT2D eigenvalue weighted by Gasteiger charge is 2.16. The van der Waals surface area contributed by atoms with Crippen molar-refractivity contribution in [2.75, 3.05) is 12.5 Å². The van der Waals surface area contributed by atoms with Gasteiger partial charge in [-0.3, -0.25) is 4.79 Å². The monoisotopic (exact) mass is 260 g/mol. The van der Waals surface area contributed by atoms with E-state index in [1.807, 2.05) is 30.7 Å². The molecule has 0 saturated heterocycles. The Morgan fingerprint density at radius 2 is 2.00 bits per heavy atom. The Bertz CT molecular complexity index is 364. The van der Waals surface area contributed by atoms with Crippen LogP contribution in [0.15, 0.2) is 28.0 Å². The maximum absolute atomic E-state index is 11.8. The Morgan fingerprint density at radius 3 is 2.47 bits per heavy atom. The van der Waals surface area contributed by atoms with Crippen molar-refractivity contribution in [3.05, 3.63) is 23.8 Å². The summed E-state index contributed by atoms with van der Waals surface area (Å²) in [6, 6.07) is 5.91. The molecule has 1 unspecified atom stereocenters. The highest BCUT2D eigenvalue weighted by Crippen LogP contribution is 2.27. The summed E-state index contributed by atoms with van der Waals surface area (Å²) in [7, 11) is 0. The maximum Gasteiger partial charge on any atom is 0.181 e. The van der Waals surface area contributed by atoms with Crippen LogP contribution in [0.5, 0.6) is 0 Å². The van der Waals surface area contributed by atoms with Crippen molar-refractivity contribution < 1.29 is 4.79 Å². The van der Waals surface area contributed by atoms with Gasteiger partial charge in [0.25, 0.3) is 0 Å². The zero-order valence-corrected chi connectivity index (χ0v) is 11.3. The minimum absolute atomic E-state index is 0.00285. The molecule has 0 radical (unpaired) electrons. The van der Waals surface area contributed by atoms with Gasteiger partial charge in [0, 0.05) is 15.4 Å². The molecule has 0 amide bonds. The molecule has 0 bridgehead atoms. The van der Waals surface area contributed by atoms with Gasteiger partial charge in [0.1, 0.15) is 0 Å². The van der Waals surface area contributed by atoms with E-state index in [9.17, 15) is 4.79 Å². The molecule has 0 spiro atoms. The lowest BCUT2D eigenvalue weighted by molar-refractivity contribution is 0.0988. The van der Waals surface area contributed by atoms with Crippen molar-refractivity contribution in [1.29, 1.82) is 0 Å². The summed E-state index contributed by atoms with van der Waals surface area (Å²) in [6.07, 6.45) is 3.95. The van der Waals surface area contributed by atoms with Crippen LogP contribution in [-0.4, -0.2) is 23.7 Å². The van der Waals surface area contributed by atoms with E-state index < -0.39 is 5.38 Å². The Balaban J connectivity index is 3.17.